The van der Waals surface area contributed by atoms with Crippen LogP contribution in [-0.4, -0.2) is 20.7 Å². The molecule has 0 fully saturated rings. The normalized spacial score (nSPS) is 17.8. The number of allylic oxidation sites excluding steroid dienone is 5. The molecule has 3 aliphatic rings. The number of hydrogen-bond acceptors (Lipinski definition) is 4. The average Bonchev–Trinajstić information content (AvgIpc) is 3.37. The molecule has 1 unspecified atom stereocenters. The van der Waals surface area contributed by atoms with E-state index >= 15 is 0 Å². The first-order valence-electron chi connectivity index (χ1n) is 16.6. The summed E-state index contributed by atoms with van der Waals surface area (Å²) in [5.41, 5.74) is 13.4. The van der Waals surface area contributed by atoms with Gasteiger partial charge in [0.1, 0.15) is 0 Å². The van der Waals surface area contributed by atoms with E-state index in [-0.39, 0.29) is 11.3 Å². The van der Waals surface area contributed by atoms with Gasteiger partial charge in [-0.1, -0.05) is 98.8 Å². The van der Waals surface area contributed by atoms with Gasteiger partial charge in [-0.25, -0.2) is 9.97 Å². The van der Waals surface area contributed by atoms with Gasteiger partial charge in [0.25, 0.3) is 0 Å². The molecule has 4 heteroatoms. The van der Waals surface area contributed by atoms with Crippen molar-refractivity contribution in [3.63, 3.8) is 0 Å². The summed E-state index contributed by atoms with van der Waals surface area (Å²) in [6.45, 7) is 4.74. The molecule has 0 N–H and O–H groups in total. The van der Waals surface area contributed by atoms with E-state index in [0.717, 1.165) is 58.8 Å². The van der Waals surface area contributed by atoms with Crippen LogP contribution in [0.15, 0.2) is 133 Å². The number of benzene rings is 3. The van der Waals surface area contributed by atoms with Crippen LogP contribution in [0.2, 0.25) is 0 Å². The largest absolute Gasteiger partial charge is 0.259 e. The van der Waals surface area contributed by atoms with Crippen molar-refractivity contribution < 1.29 is 0 Å². The van der Waals surface area contributed by atoms with Gasteiger partial charge < -0.3 is 0 Å². The second kappa shape index (κ2) is 10.8. The monoisotopic (exact) mass is 606 g/mol. The zero-order chi connectivity index (χ0) is 31.5. The van der Waals surface area contributed by atoms with Gasteiger partial charge in [0, 0.05) is 34.7 Å². The van der Waals surface area contributed by atoms with E-state index in [0.29, 0.717) is 0 Å². The van der Waals surface area contributed by atoms with Gasteiger partial charge in [-0.15, -0.1) is 0 Å². The third-order valence-corrected chi connectivity index (χ3v) is 10.1. The highest BCUT2D eigenvalue weighted by Gasteiger charge is 2.40. The molecule has 9 rings (SSSR count). The maximum atomic E-state index is 5.39. The molecule has 0 radical (unpaired) electrons. The van der Waals surface area contributed by atoms with Gasteiger partial charge >= 0.3 is 0 Å². The van der Waals surface area contributed by atoms with E-state index in [9.17, 15) is 0 Å². The van der Waals surface area contributed by atoms with E-state index in [1.807, 2.05) is 30.6 Å². The quantitative estimate of drug-likeness (QED) is 0.188. The van der Waals surface area contributed by atoms with Crippen molar-refractivity contribution in [1.82, 2.24) is 15.0 Å². The minimum atomic E-state index is -0.163. The standard InChI is InChI=1S/C43H34N4/c1-43(2)33-14-6-5-13-32(33)42-41(43)39(40-31-12-4-3-11-28(31)21-22-36(40)47-42)29-19-17-27(18-20-29)30-25-37(34-15-7-9-23-44-34)46-38(26-30)35-16-8-10-24-45-35/h3-7,9-15,17-19,21-26,29H,8,16,20H2,1-2H3. The first kappa shape index (κ1) is 27.8. The lowest BCUT2D eigenvalue weighted by molar-refractivity contribution is 0.644. The molecule has 3 aromatic carbocycles. The molecule has 1 aliphatic heterocycles. The second-order valence-electron chi connectivity index (χ2n) is 13.3. The summed E-state index contributed by atoms with van der Waals surface area (Å²) < 4.78 is 0. The summed E-state index contributed by atoms with van der Waals surface area (Å²) in [5.74, 6) is 0.210. The molecule has 0 amide bonds. The molecule has 3 aromatic heterocycles. The predicted octanol–water partition coefficient (Wildman–Crippen LogP) is 10.4. The van der Waals surface area contributed by atoms with Gasteiger partial charge in [-0.2, -0.15) is 0 Å². The highest BCUT2D eigenvalue weighted by molar-refractivity contribution is 6.10. The lowest BCUT2D eigenvalue weighted by atomic mass is 9.75. The van der Waals surface area contributed by atoms with Crippen molar-refractivity contribution >= 4 is 33.0 Å². The topological polar surface area (TPSA) is 51.0 Å². The molecule has 0 spiro atoms. The van der Waals surface area contributed by atoms with Crippen LogP contribution in [0.3, 0.4) is 0 Å². The minimum absolute atomic E-state index is 0.163. The van der Waals surface area contributed by atoms with Crippen LogP contribution in [0.5, 0.6) is 0 Å². The first-order valence-corrected chi connectivity index (χ1v) is 16.6. The highest BCUT2D eigenvalue weighted by atomic mass is 14.8. The fraction of sp³-hybridized carbons (Fsp3) is 0.163. The molecule has 6 aromatic rings. The van der Waals surface area contributed by atoms with E-state index in [1.165, 1.54) is 44.0 Å². The van der Waals surface area contributed by atoms with E-state index in [4.69, 9.17) is 15.0 Å². The number of pyridine rings is 3. The maximum Gasteiger partial charge on any atom is 0.0900 e. The Balaban J connectivity index is 1.20. The smallest absolute Gasteiger partial charge is 0.0900 e. The minimum Gasteiger partial charge on any atom is -0.259 e. The fourth-order valence-corrected chi connectivity index (χ4v) is 7.87. The Hall–Kier alpha value is -5.48. The van der Waals surface area contributed by atoms with Gasteiger partial charge in [0.2, 0.25) is 0 Å². The van der Waals surface area contributed by atoms with Crippen molar-refractivity contribution in [1.29, 1.82) is 0 Å². The highest BCUT2D eigenvalue weighted by Crippen LogP contribution is 2.53. The first-order chi connectivity index (χ1) is 23.1. The number of fused-ring (bicyclic) bond motifs is 6. The molecule has 47 heavy (non-hydrogen) atoms. The van der Waals surface area contributed by atoms with Crippen molar-refractivity contribution in [3.05, 3.63) is 156 Å². The molecule has 2 aliphatic carbocycles. The molecule has 0 saturated carbocycles. The molecule has 0 bridgehead atoms. The zero-order valence-corrected chi connectivity index (χ0v) is 26.6. The summed E-state index contributed by atoms with van der Waals surface area (Å²) in [4.78, 5) is 19.8. The van der Waals surface area contributed by atoms with Gasteiger partial charge in [-0.3, -0.25) is 9.98 Å². The van der Waals surface area contributed by atoms with Gasteiger partial charge in [0.05, 0.1) is 34.0 Å². The Morgan fingerprint density at radius 1 is 0.809 bits per heavy atom. The summed E-state index contributed by atoms with van der Waals surface area (Å²) in [5, 5.41) is 3.80. The number of aliphatic imine (C=N–C) groups is 1. The van der Waals surface area contributed by atoms with Crippen molar-refractivity contribution in [2.75, 3.05) is 0 Å². The molecular formula is C43H34N4. The number of nitrogens with zero attached hydrogens (tertiary/aromatic N) is 4. The van der Waals surface area contributed by atoms with E-state index in [2.05, 4.69) is 116 Å². The Morgan fingerprint density at radius 3 is 2.49 bits per heavy atom. The number of hydrogen-bond donors (Lipinski definition) is 0. The molecule has 0 saturated heterocycles. The predicted molar refractivity (Wildman–Crippen MR) is 194 cm³/mol. The van der Waals surface area contributed by atoms with Crippen molar-refractivity contribution in [2.24, 2.45) is 4.99 Å². The zero-order valence-electron chi connectivity index (χ0n) is 26.6. The Bertz CT molecular complexity index is 2360. The molecule has 226 valence electrons. The summed E-state index contributed by atoms with van der Waals surface area (Å²) >= 11 is 0. The Kier molecular flexibility index (Phi) is 6.39. The van der Waals surface area contributed by atoms with Crippen LogP contribution in [0, 0.1) is 0 Å². The molecule has 1 atom stereocenters. The van der Waals surface area contributed by atoms with Crippen LogP contribution in [0.4, 0.5) is 0 Å². The Morgan fingerprint density at radius 2 is 1.66 bits per heavy atom. The fourth-order valence-electron chi connectivity index (χ4n) is 7.87. The van der Waals surface area contributed by atoms with Crippen molar-refractivity contribution in [2.45, 2.75) is 44.4 Å². The lowest BCUT2D eigenvalue weighted by Gasteiger charge is -2.29. The number of aromatic nitrogens is 3. The van der Waals surface area contributed by atoms with E-state index < -0.39 is 0 Å². The second-order valence-corrected chi connectivity index (χ2v) is 13.3. The summed E-state index contributed by atoms with van der Waals surface area (Å²) in [6.07, 6.45) is 15.8. The van der Waals surface area contributed by atoms with Crippen LogP contribution >= 0.6 is 0 Å². The third kappa shape index (κ3) is 4.51. The summed E-state index contributed by atoms with van der Waals surface area (Å²) in [6, 6.07) is 32.4. The van der Waals surface area contributed by atoms with Gasteiger partial charge in [-0.05, 0) is 88.2 Å². The number of rotatable bonds is 4. The van der Waals surface area contributed by atoms with Gasteiger partial charge in [0.15, 0.2) is 0 Å². The van der Waals surface area contributed by atoms with Crippen molar-refractivity contribution in [3.8, 4) is 22.6 Å². The van der Waals surface area contributed by atoms with Crippen LogP contribution in [-0.2, 0) is 5.41 Å². The molecular weight excluding hydrogens is 573 g/mol. The average molecular weight is 607 g/mol. The lowest BCUT2D eigenvalue weighted by Crippen LogP contribution is -2.19. The van der Waals surface area contributed by atoms with Crippen LogP contribution in [0.1, 0.15) is 67.0 Å². The summed E-state index contributed by atoms with van der Waals surface area (Å²) in [7, 11) is 0. The third-order valence-electron chi connectivity index (χ3n) is 10.1. The Labute approximate surface area is 275 Å². The van der Waals surface area contributed by atoms with E-state index in [1.54, 1.807) is 0 Å². The SMILES string of the molecule is CC1(C)c2ccccc2-c2nc3ccc4ccccc4c3c(C3C=CC(c4cc(C5=NC=CCC5)nc(-c5ccccn5)c4)=CC3)c21. The van der Waals surface area contributed by atoms with Crippen LogP contribution < -0.4 is 0 Å². The maximum absolute atomic E-state index is 5.39. The molecule has 4 heterocycles. The molecule has 4 nitrogen and oxygen atoms in total. The van der Waals surface area contributed by atoms with Crippen LogP contribution in [0.25, 0.3) is 49.9 Å².